The molecule has 3 fully saturated rings. The Labute approximate surface area is 226 Å². The Balaban J connectivity index is 1.03. The minimum absolute atomic E-state index is 0.102. The SMILES string of the molecule is O=C(CCc1nc(CN2CCN(C(=O)c3ccc(CN4CCCCC4)cc3)CC2)no1)N1CCCCCC1. The summed E-state index contributed by atoms with van der Waals surface area (Å²) in [5.41, 5.74) is 2.04. The molecule has 4 heterocycles. The molecular formula is C29H42N6O3. The predicted molar refractivity (Wildman–Crippen MR) is 144 cm³/mol. The Morgan fingerprint density at radius 3 is 2.05 bits per heavy atom. The number of hydrogen-bond acceptors (Lipinski definition) is 7. The van der Waals surface area contributed by atoms with Gasteiger partial charge >= 0.3 is 0 Å². The first-order valence-electron chi connectivity index (χ1n) is 14.6. The smallest absolute Gasteiger partial charge is 0.253 e. The fourth-order valence-corrected chi connectivity index (χ4v) is 5.77. The van der Waals surface area contributed by atoms with Gasteiger partial charge in [-0.15, -0.1) is 0 Å². The Morgan fingerprint density at radius 1 is 0.711 bits per heavy atom. The van der Waals surface area contributed by atoms with Crippen LogP contribution in [0.15, 0.2) is 28.8 Å². The highest BCUT2D eigenvalue weighted by molar-refractivity contribution is 5.94. The van der Waals surface area contributed by atoms with Crippen LogP contribution in [-0.2, 0) is 24.3 Å². The van der Waals surface area contributed by atoms with E-state index in [0.717, 1.165) is 51.1 Å². The van der Waals surface area contributed by atoms with Crippen molar-refractivity contribution in [3.05, 3.63) is 47.1 Å². The number of rotatable bonds is 8. The number of piperazine rings is 1. The van der Waals surface area contributed by atoms with E-state index in [0.29, 0.717) is 44.2 Å². The summed E-state index contributed by atoms with van der Waals surface area (Å²) in [6, 6.07) is 8.17. The van der Waals surface area contributed by atoms with E-state index in [1.54, 1.807) is 0 Å². The number of aryl methyl sites for hydroxylation is 1. The minimum Gasteiger partial charge on any atom is -0.343 e. The number of aromatic nitrogens is 2. The van der Waals surface area contributed by atoms with Crippen LogP contribution in [0.4, 0.5) is 0 Å². The van der Waals surface area contributed by atoms with Gasteiger partial charge in [-0.2, -0.15) is 4.98 Å². The first-order valence-corrected chi connectivity index (χ1v) is 14.6. The minimum atomic E-state index is 0.102. The van der Waals surface area contributed by atoms with Gasteiger partial charge in [0.05, 0.1) is 6.54 Å². The second kappa shape index (κ2) is 13.3. The lowest BCUT2D eigenvalue weighted by atomic mass is 10.1. The molecule has 2 aromatic rings. The third-order valence-corrected chi connectivity index (χ3v) is 8.10. The predicted octanol–water partition coefficient (Wildman–Crippen LogP) is 3.35. The molecule has 3 aliphatic rings. The zero-order chi connectivity index (χ0) is 26.2. The lowest BCUT2D eigenvalue weighted by Crippen LogP contribution is -2.48. The van der Waals surface area contributed by atoms with E-state index in [9.17, 15) is 9.59 Å². The van der Waals surface area contributed by atoms with E-state index in [1.165, 1.54) is 50.8 Å². The number of amides is 2. The van der Waals surface area contributed by atoms with Gasteiger partial charge < -0.3 is 14.3 Å². The highest BCUT2D eigenvalue weighted by atomic mass is 16.5. The van der Waals surface area contributed by atoms with Crippen LogP contribution in [0.5, 0.6) is 0 Å². The number of benzene rings is 1. The maximum atomic E-state index is 13.1. The van der Waals surface area contributed by atoms with Crippen molar-refractivity contribution >= 4 is 11.8 Å². The van der Waals surface area contributed by atoms with Gasteiger partial charge in [0, 0.05) is 64.2 Å². The van der Waals surface area contributed by atoms with E-state index in [4.69, 9.17) is 4.52 Å². The normalized spacial score (nSPS) is 19.9. The molecule has 0 aliphatic carbocycles. The maximum absolute atomic E-state index is 13.1. The monoisotopic (exact) mass is 522 g/mol. The molecule has 0 unspecified atom stereocenters. The van der Waals surface area contributed by atoms with Crippen LogP contribution >= 0.6 is 0 Å². The molecule has 3 saturated heterocycles. The summed E-state index contributed by atoms with van der Waals surface area (Å²) in [6.07, 6.45) is 9.45. The fraction of sp³-hybridized carbons (Fsp3) is 0.655. The summed E-state index contributed by atoms with van der Waals surface area (Å²) >= 11 is 0. The molecule has 1 aromatic carbocycles. The number of carbonyl (C=O) groups excluding carboxylic acids is 2. The van der Waals surface area contributed by atoms with Crippen molar-refractivity contribution in [1.29, 1.82) is 0 Å². The third-order valence-electron chi connectivity index (χ3n) is 8.10. The van der Waals surface area contributed by atoms with Crippen molar-refractivity contribution in [3.63, 3.8) is 0 Å². The second-order valence-corrected chi connectivity index (χ2v) is 11.0. The highest BCUT2D eigenvalue weighted by Crippen LogP contribution is 2.16. The molecule has 2 amide bonds. The summed E-state index contributed by atoms with van der Waals surface area (Å²) in [7, 11) is 0. The van der Waals surface area contributed by atoms with E-state index >= 15 is 0 Å². The Morgan fingerprint density at radius 2 is 1.34 bits per heavy atom. The van der Waals surface area contributed by atoms with Gasteiger partial charge in [-0.05, 0) is 56.5 Å². The summed E-state index contributed by atoms with van der Waals surface area (Å²) in [5, 5.41) is 4.13. The van der Waals surface area contributed by atoms with Crippen LogP contribution in [-0.4, -0.2) is 93.9 Å². The van der Waals surface area contributed by atoms with Crippen molar-refractivity contribution < 1.29 is 14.1 Å². The second-order valence-electron chi connectivity index (χ2n) is 11.0. The van der Waals surface area contributed by atoms with Gasteiger partial charge in [-0.3, -0.25) is 19.4 Å². The lowest BCUT2D eigenvalue weighted by Gasteiger charge is -2.34. The summed E-state index contributed by atoms with van der Waals surface area (Å²) in [4.78, 5) is 38.8. The molecule has 9 heteroatoms. The number of nitrogens with zero attached hydrogens (tertiary/aromatic N) is 6. The van der Waals surface area contributed by atoms with E-state index in [-0.39, 0.29) is 11.8 Å². The van der Waals surface area contributed by atoms with E-state index in [2.05, 4.69) is 32.1 Å². The van der Waals surface area contributed by atoms with Crippen LogP contribution in [0, 0.1) is 0 Å². The molecule has 3 aliphatic heterocycles. The first kappa shape index (κ1) is 26.8. The van der Waals surface area contributed by atoms with Gasteiger partial charge in [0.25, 0.3) is 5.91 Å². The van der Waals surface area contributed by atoms with Gasteiger partial charge in [0.1, 0.15) is 0 Å². The molecule has 206 valence electrons. The van der Waals surface area contributed by atoms with Gasteiger partial charge in [-0.1, -0.05) is 36.6 Å². The average molecular weight is 523 g/mol. The van der Waals surface area contributed by atoms with Crippen molar-refractivity contribution in [1.82, 2.24) is 29.7 Å². The summed E-state index contributed by atoms with van der Waals surface area (Å²) < 4.78 is 5.42. The van der Waals surface area contributed by atoms with E-state index < -0.39 is 0 Å². The zero-order valence-corrected chi connectivity index (χ0v) is 22.7. The Kier molecular flexibility index (Phi) is 9.41. The third kappa shape index (κ3) is 7.41. The topological polar surface area (TPSA) is 86.0 Å². The molecule has 0 N–H and O–H groups in total. The highest BCUT2D eigenvalue weighted by Gasteiger charge is 2.24. The van der Waals surface area contributed by atoms with Crippen LogP contribution in [0.2, 0.25) is 0 Å². The fourth-order valence-electron chi connectivity index (χ4n) is 5.77. The van der Waals surface area contributed by atoms with Crippen molar-refractivity contribution in [3.8, 4) is 0 Å². The standard InChI is InChI=1S/C29H42N6O3/c36-28(34-16-6-1-2-7-17-34)13-12-27-30-26(31-38-27)23-33-18-20-35(21-19-33)29(37)25-10-8-24(9-11-25)22-32-14-4-3-5-15-32/h8-11H,1-7,12-23H2. The van der Waals surface area contributed by atoms with Gasteiger partial charge in [0.15, 0.2) is 5.82 Å². The molecule has 5 rings (SSSR count). The molecule has 0 atom stereocenters. The molecule has 9 nitrogen and oxygen atoms in total. The van der Waals surface area contributed by atoms with Crippen LogP contribution < -0.4 is 0 Å². The molecule has 0 bridgehead atoms. The molecule has 38 heavy (non-hydrogen) atoms. The first-order chi connectivity index (χ1) is 18.6. The Hall–Kier alpha value is -2.78. The van der Waals surface area contributed by atoms with Crippen molar-refractivity contribution in [2.75, 3.05) is 52.4 Å². The van der Waals surface area contributed by atoms with Gasteiger partial charge in [-0.25, -0.2) is 0 Å². The lowest BCUT2D eigenvalue weighted by molar-refractivity contribution is -0.131. The van der Waals surface area contributed by atoms with Crippen molar-refractivity contribution in [2.24, 2.45) is 0 Å². The van der Waals surface area contributed by atoms with Crippen LogP contribution in [0.1, 0.15) is 79.0 Å². The zero-order valence-electron chi connectivity index (χ0n) is 22.7. The average Bonchev–Trinajstić information content (AvgIpc) is 3.22. The molecular weight excluding hydrogens is 480 g/mol. The van der Waals surface area contributed by atoms with Gasteiger partial charge in [0.2, 0.25) is 11.8 Å². The summed E-state index contributed by atoms with van der Waals surface area (Å²) in [6.45, 7) is 8.57. The van der Waals surface area contributed by atoms with Crippen LogP contribution in [0.25, 0.3) is 0 Å². The van der Waals surface area contributed by atoms with Crippen molar-refractivity contribution in [2.45, 2.75) is 70.9 Å². The number of likely N-dealkylation sites (tertiary alicyclic amines) is 2. The van der Waals surface area contributed by atoms with Crippen LogP contribution in [0.3, 0.4) is 0 Å². The summed E-state index contributed by atoms with van der Waals surface area (Å²) in [5.74, 6) is 1.46. The Bertz CT molecular complexity index is 1030. The molecule has 0 radical (unpaired) electrons. The molecule has 1 aromatic heterocycles. The number of carbonyl (C=O) groups is 2. The largest absolute Gasteiger partial charge is 0.343 e. The quantitative estimate of drug-likeness (QED) is 0.526. The van der Waals surface area contributed by atoms with E-state index in [1.807, 2.05) is 21.9 Å². The number of piperidine rings is 1. The molecule has 0 saturated carbocycles. The maximum Gasteiger partial charge on any atom is 0.253 e. The molecule has 0 spiro atoms. The number of hydrogen-bond donors (Lipinski definition) is 0.